The molecule has 0 saturated carbocycles. The predicted octanol–water partition coefficient (Wildman–Crippen LogP) is 0.0676. The summed E-state index contributed by atoms with van der Waals surface area (Å²) in [6.07, 6.45) is 2.65. The molecule has 0 aliphatic carbocycles. The number of rotatable bonds is 3. The lowest BCUT2D eigenvalue weighted by Gasteiger charge is -2.40. The van der Waals surface area contributed by atoms with E-state index in [0.717, 1.165) is 32.2 Å². The summed E-state index contributed by atoms with van der Waals surface area (Å²) in [4.78, 5) is 2.47. The summed E-state index contributed by atoms with van der Waals surface area (Å²) in [5.41, 5.74) is 0. The van der Waals surface area contributed by atoms with Crippen LogP contribution in [0.3, 0.4) is 0 Å². The molecule has 3 atom stereocenters. The zero-order valence-electron chi connectivity index (χ0n) is 10.2. The van der Waals surface area contributed by atoms with Crippen LogP contribution in [0.4, 0.5) is 0 Å². The van der Waals surface area contributed by atoms with E-state index in [4.69, 9.17) is 9.84 Å². The van der Waals surface area contributed by atoms with Crippen LogP contribution in [-0.4, -0.2) is 61.5 Å². The molecule has 2 N–H and O–H groups in total. The van der Waals surface area contributed by atoms with Crippen molar-refractivity contribution in [3.8, 4) is 0 Å². The van der Waals surface area contributed by atoms with E-state index in [1.54, 1.807) is 0 Å². The SMILES string of the molecule is CC1COC(CO)CN1CC1CCCNC1. The Morgan fingerprint density at radius 1 is 1.50 bits per heavy atom. The smallest absolute Gasteiger partial charge is 0.0933 e. The Morgan fingerprint density at radius 2 is 2.38 bits per heavy atom. The Bertz CT molecular complexity index is 207. The van der Waals surface area contributed by atoms with Crippen molar-refractivity contribution < 1.29 is 9.84 Å². The summed E-state index contributed by atoms with van der Waals surface area (Å²) < 4.78 is 5.55. The van der Waals surface area contributed by atoms with Crippen molar-refractivity contribution in [3.63, 3.8) is 0 Å². The van der Waals surface area contributed by atoms with Crippen LogP contribution in [0.15, 0.2) is 0 Å². The first kappa shape index (κ1) is 12.3. The molecule has 94 valence electrons. The van der Waals surface area contributed by atoms with E-state index in [0.29, 0.717) is 6.04 Å². The van der Waals surface area contributed by atoms with E-state index in [1.165, 1.54) is 19.4 Å². The highest BCUT2D eigenvalue weighted by Crippen LogP contribution is 2.17. The summed E-state index contributed by atoms with van der Waals surface area (Å²) in [5, 5.41) is 12.6. The van der Waals surface area contributed by atoms with E-state index in [2.05, 4.69) is 17.1 Å². The first-order chi connectivity index (χ1) is 7.79. The topological polar surface area (TPSA) is 44.7 Å². The Balaban J connectivity index is 1.81. The van der Waals surface area contributed by atoms with Gasteiger partial charge >= 0.3 is 0 Å². The molecule has 0 bridgehead atoms. The van der Waals surface area contributed by atoms with Gasteiger partial charge in [0.2, 0.25) is 0 Å². The highest BCUT2D eigenvalue weighted by atomic mass is 16.5. The summed E-state index contributed by atoms with van der Waals surface area (Å²) in [6, 6.07) is 0.490. The number of aliphatic hydroxyl groups excluding tert-OH is 1. The van der Waals surface area contributed by atoms with Gasteiger partial charge in [-0.3, -0.25) is 4.90 Å². The Labute approximate surface area is 98.0 Å². The lowest BCUT2D eigenvalue weighted by molar-refractivity contribution is -0.0820. The fraction of sp³-hybridized carbons (Fsp3) is 1.00. The molecule has 16 heavy (non-hydrogen) atoms. The van der Waals surface area contributed by atoms with Crippen LogP contribution < -0.4 is 5.32 Å². The van der Waals surface area contributed by atoms with Crippen LogP contribution in [0, 0.1) is 5.92 Å². The molecule has 4 nitrogen and oxygen atoms in total. The van der Waals surface area contributed by atoms with Gasteiger partial charge in [-0.25, -0.2) is 0 Å². The molecule has 0 aromatic heterocycles. The number of nitrogens with one attached hydrogen (secondary N) is 1. The third-order valence-electron chi connectivity index (χ3n) is 3.73. The second-order valence-electron chi connectivity index (χ2n) is 5.15. The summed E-state index contributed by atoms with van der Waals surface area (Å²) in [7, 11) is 0. The van der Waals surface area contributed by atoms with E-state index in [-0.39, 0.29) is 12.7 Å². The minimum absolute atomic E-state index is 0.0211. The molecule has 0 aromatic rings. The molecule has 0 aromatic carbocycles. The van der Waals surface area contributed by atoms with E-state index in [1.807, 2.05) is 0 Å². The number of nitrogens with zero attached hydrogens (tertiary/aromatic N) is 1. The van der Waals surface area contributed by atoms with Gasteiger partial charge in [0.15, 0.2) is 0 Å². The van der Waals surface area contributed by atoms with Crippen LogP contribution in [0.2, 0.25) is 0 Å². The first-order valence-corrected chi connectivity index (χ1v) is 6.47. The fourth-order valence-corrected chi connectivity index (χ4v) is 2.65. The third kappa shape index (κ3) is 3.17. The standard InChI is InChI=1S/C12H24N2O2/c1-10-9-16-12(8-15)7-14(10)6-11-3-2-4-13-5-11/h10-13,15H,2-9H2,1H3. The second kappa shape index (κ2) is 5.96. The van der Waals surface area contributed by atoms with Crippen molar-refractivity contribution in [2.75, 3.05) is 39.4 Å². The minimum Gasteiger partial charge on any atom is -0.394 e. The van der Waals surface area contributed by atoms with Crippen LogP contribution >= 0.6 is 0 Å². The van der Waals surface area contributed by atoms with Crippen molar-refractivity contribution in [1.29, 1.82) is 0 Å². The van der Waals surface area contributed by atoms with Gasteiger partial charge in [-0.2, -0.15) is 0 Å². The molecule has 2 fully saturated rings. The monoisotopic (exact) mass is 228 g/mol. The molecule has 0 amide bonds. The molecule has 4 heteroatoms. The Morgan fingerprint density at radius 3 is 3.06 bits per heavy atom. The number of piperidine rings is 1. The van der Waals surface area contributed by atoms with Gasteiger partial charge in [0, 0.05) is 19.1 Å². The number of morpholine rings is 1. The zero-order chi connectivity index (χ0) is 11.4. The number of aliphatic hydroxyl groups is 1. The van der Waals surface area contributed by atoms with Crippen molar-refractivity contribution >= 4 is 0 Å². The molecule has 2 aliphatic rings. The summed E-state index contributed by atoms with van der Waals surface area (Å²) in [5.74, 6) is 0.772. The molecular weight excluding hydrogens is 204 g/mol. The van der Waals surface area contributed by atoms with Crippen molar-refractivity contribution in [3.05, 3.63) is 0 Å². The highest BCUT2D eigenvalue weighted by Gasteiger charge is 2.27. The van der Waals surface area contributed by atoms with Gasteiger partial charge in [-0.1, -0.05) is 0 Å². The van der Waals surface area contributed by atoms with Gasteiger partial charge in [-0.15, -0.1) is 0 Å². The molecule has 2 aliphatic heterocycles. The minimum atomic E-state index is 0.0211. The lowest BCUT2D eigenvalue weighted by Crippen LogP contribution is -2.52. The quantitative estimate of drug-likeness (QED) is 0.717. The summed E-state index contributed by atoms with van der Waals surface area (Å²) >= 11 is 0. The van der Waals surface area contributed by atoms with Crippen LogP contribution in [0.25, 0.3) is 0 Å². The zero-order valence-corrected chi connectivity index (χ0v) is 10.2. The van der Waals surface area contributed by atoms with Crippen LogP contribution in [0.1, 0.15) is 19.8 Å². The second-order valence-corrected chi connectivity index (χ2v) is 5.15. The average Bonchev–Trinajstić information content (AvgIpc) is 2.33. The van der Waals surface area contributed by atoms with Gasteiger partial charge in [0.25, 0.3) is 0 Å². The molecular formula is C12H24N2O2. The molecule has 2 saturated heterocycles. The van der Waals surface area contributed by atoms with Crippen molar-refractivity contribution in [2.45, 2.75) is 31.9 Å². The lowest BCUT2D eigenvalue weighted by atomic mass is 9.98. The number of hydrogen-bond acceptors (Lipinski definition) is 4. The molecule has 2 rings (SSSR count). The predicted molar refractivity (Wildman–Crippen MR) is 63.5 cm³/mol. The van der Waals surface area contributed by atoms with Crippen molar-refractivity contribution in [1.82, 2.24) is 10.2 Å². The van der Waals surface area contributed by atoms with Gasteiger partial charge in [-0.05, 0) is 38.8 Å². The maximum absolute atomic E-state index is 9.14. The largest absolute Gasteiger partial charge is 0.394 e. The number of hydrogen-bond donors (Lipinski definition) is 2. The highest BCUT2D eigenvalue weighted by molar-refractivity contribution is 4.81. The normalized spacial score (nSPS) is 37.5. The van der Waals surface area contributed by atoms with E-state index in [9.17, 15) is 0 Å². The molecule has 0 radical (unpaired) electrons. The maximum Gasteiger partial charge on any atom is 0.0933 e. The molecule has 0 spiro atoms. The van der Waals surface area contributed by atoms with E-state index >= 15 is 0 Å². The third-order valence-corrected chi connectivity index (χ3v) is 3.73. The van der Waals surface area contributed by atoms with Gasteiger partial charge < -0.3 is 15.2 Å². The fourth-order valence-electron chi connectivity index (χ4n) is 2.65. The maximum atomic E-state index is 9.14. The Kier molecular flexibility index (Phi) is 4.58. The van der Waals surface area contributed by atoms with Gasteiger partial charge in [0.05, 0.1) is 19.3 Å². The number of ether oxygens (including phenoxy) is 1. The van der Waals surface area contributed by atoms with E-state index < -0.39 is 0 Å². The average molecular weight is 228 g/mol. The van der Waals surface area contributed by atoms with Gasteiger partial charge in [0.1, 0.15) is 0 Å². The van der Waals surface area contributed by atoms with Crippen LogP contribution in [-0.2, 0) is 4.74 Å². The Hall–Kier alpha value is -0.160. The van der Waals surface area contributed by atoms with Crippen molar-refractivity contribution in [2.24, 2.45) is 5.92 Å². The first-order valence-electron chi connectivity index (χ1n) is 6.47. The van der Waals surface area contributed by atoms with Crippen LogP contribution in [0.5, 0.6) is 0 Å². The summed E-state index contributed by atoms with van der Waals surface area (Å²) in [6.45, 7) is 7.46. The molecule has 2 heterocycles. The molecule has 3 unspecified atom stereocenters.